The van der Waals surface area contributed by atoms with Gasteiger partial charge in [0.2, 0.25) is 0 Å². The van der Waals surface area contributed by atoms with Crippen LogP contribution in [-0.4, -0.2) is 12.1 Å². The molecule has 0 amide bonds. The fourth-order valence-corrected chi connectivity index (χ4v) is 3.44. The summed E-state index contributed by atoms with van der Waals surface area (Å²) in [5.41, 5.74) is 2.06. The summed E-state index contributed by atoms with van der Waals surface area (Å²) in [6.07, 6.45) is 5.62. The summed E-state index contributed by atoms with van der Waals surface area (Å²) in [5.74, 6) is 0.314. The number of nitrogens with zero attached hydrogens (tertiary/aromatic N) is 2. The Hall–Kier alpha value is -1.58. The lowest BCUT2D eigenvalue weighted by Gasteiger charge is -2.14. The Morgan fingerprint density at radius 1 is 1.36 bits per heavy atom. The van der Waals surface area contributed by atoms with E-state index in [1.165, 1.54) is 29.5 Å². The maximum Gasteiger partial charge on any atom is 0.126 e. The van der Waals surface area contributed by atoms with E-state index >= 15 is 0 Å². The van der Waals surface area contributed by atoms with Gasteiger partial charge in [0.15, 0.2) is 0 Å². The number of hydrogen-bond acceptors (Lipinski definition) is 4. The van der Waals surface area contributed by atoms with E-state index in [0.717, 1.165) is 28.2 Å². The van der Waals surface area contributed by atoms with Crippen molar-refractivity contribution in [1.82, 2.24) is 0 Å². The first-order valence-electron chi connectivity index (χ1n) is 6.68. The molecule has 1 aliphatic heterocycles. The molecule has 3 nitrogen and oxygen atoms in total. The minimum absolute atomic E-state index is 0.284. The van der Waals surface area contributed by atoms with Gasteiger partial charge in [-0.25, -0.2) is 9.38 Å². The second-order valence-corrected chi connectivity index (χ2v) is 6.52. The lowest BCUT2D eigenvalue weighted by molar-refractivity contribution is 0.628. The zero-order valence-corrected chi connectivity index (χ0v) is 14.7. The molecule has 114 valence electrons. The van der Waals surface area contributed by atoms with Crippen LogP contribution in [0.4, 0.5) is 10.1 Å². The topological polar surface area (TPSA) is 48.2 Å². The standard InChI is InChI=1S/C16H15BrFN3S/c1-10-3-4-15(21-16(22-2)14(17)5-10)20-13-7-11(9-19)6-12(18)8-13/h5-8H,3-4H2,1-2H3,(H,20,21). The van der Waals surface area contributed by atoms with Gasteiger partial charge in [0.05, 0.1) is 11.6 Å². The number of benzene rings is 1. The lowest BCUT2D eigenvalue weighted by atomic mass is 10.1. The van der Waals surface area contributed by atoms with Gasteiger partial charge in [0.1, 0.15) is 16.7 Å². The molecule has 0 fully saturated rings. The number of aliphatic imine (C=N–C) groups is 1. The summed E-state index contributed by atoms with van der Waals surface area (Å²) >= 11 is 5.07. The lowest BCUT2D eigenvalue weighted by Crippen LogP contribution is -2.13. The molecule has 22 heavy (non-hydrogen) atoms. The van der Waals surface area contributed by atoms with Crippen molar-refractivity contribution in [2.24, 2.45) is 4.99 Å². The van der Waals surface area contributed by atoms with E-state index in [1.54, 1.807) is 6.07 Å². The molecule has 6 heteroatoms. The quantitative estimate of drug-likeness (QED) is 0.770. The summed E-state index contributed by atoms with van der Waals surface area (Å²) in [7, 11) is 0. The van der Waals surface area contributed by atoms with Crippen molar-refractivity contribution >= 4 is 39.2 Å². The third-order valence-corrected chi connectivity index (χ3v) is 4.64. The van der Waals surface area contributed by atoms with E-state index in [2.05, 4.69) is 39.2 Å². The van der Waals surface area contributed by atoms with Crippen LogP contribution in [-0.2, 0) is 0 Å². The Balaban J connectivity index is 2.33. The first kappa shape index (κ1) is 16.8. The van der Waals surface area contributed by atoms with Crippen molar-refractivity contribution in [1.29, 1.82) is 5.26 Å². The van der Waals surface area contributed by atoms with Crippen molar-refractivity contribution < 1.29 is 4.39 Å². The highest BCUT2D eigenvalue weighted by Crippen LogP contribution is 2.28. The van der Waals surface area contributed by atoms with Gasteiger partial charge < -0.3 is 5.32 Å². The zero-order valence-electron chi connectivity index (χ0n) is 12.3. The summed E-state index contributed by atoms with van der Waals surface area (Å²) < 4.78 is 14.5. The molecule has 2 rings (SSSR count). The third kappa shape index (κ3) is 4.46. The van der Waals surface area contributed by atoms with E-state index in [-0.39, 0.29) is 5.56 Å². The summed E-state index contributed by atoms with van der Waals surface area (Å²) in [4.78, 5) is 4.60. The smallest absolute Gasteiger partial charge is 0.126 e. The number of nitriles is 1. The molecule has 1 aromatic rings. The number of halogens is 2. The fourth-order valence-electron chi connectivity index (χ4n) is 2.02. The Labute approximate surface area is 142 Å². The van der Waals surface area contributed by atoms with Gasteiger partial charge in [-0.05, 0) is 59.8 Å². The predicted octanol–water partition coefficient (Wildman–Crippen LogP) is 5.17. The van der Waals surface area contributed by atoms with Crippen LogP contribution >= 0.6 is 27.7 Å². The van der Waals surface area contributed by atoms with Gasteiger partial charge in [0.25, 0.3) is 0 Å². The first-order chi connectivity index (χ1) is 10.5. The normalized spacial score (nSPS) is 15.4. The molecule has 0 saturated carbocycles. The van der Waals surface area contributed by atoms with E-state index < -0.39 is 5.82 Å². The van der Waals surface area contributed by atoms with Crippen molar-refractivity contribution in [2.45, 2.75) is 19.8 Å². The molecule has 0 radical (unpaired) electrons. The van der Waals surface area contributed by atoms with Crippen LogP contribution < -0.4 is 5.32 Å². The number of anilines is 1. The van der Waals surface area contributed by atoms with Gasteiger partial charge >= 0.3 is 0 Å². The Morgan fingerprint density at radius 3 is 2.82 bits per heavy atom. The van der Waals surface area contributed by atoms with E-state index in [4.69, 9.17) is 5.26 Å². The van der Waals surface area contributed by atoms with Crippen molar-refractivity contribution in [3.05, 3.63) is 50.7 Å². The fraction of sp³-hybridized carbons (Fsp3) is 0.250. The number of rotatable bonds is 2. The number of allylic oxidation sites excluding steroid dienone is 3. The van der Waals surface area contributed by atoms with Crippen LogP contribution in [0.2, 0.25) is 0 Å². The minimum atomic E-state index is -0.439. The Morgan fingerprint density at radius 2 is 2.14 bits per heavy atom. The molecule has 0 spiro atoms. The molecule has 1 aliphatic rings. The second kappa shape index (κ2) is 7.61. The highest BCUT2D eigenvalue weighted by atomic mass is 79.9. The molecule has 0 aliphatic carbocycles. The summed E-state index contributed by atoms with van der Waals surface area (Å²) in [6, 6.07) is 6.14. The largest absolute Gasteiger partial charge is 0.344 e. The first-order valence-corrected chi connectivity index (χ1v) is 8.70. The summed E-state index contributed by atoms with van der Waals surface area (Å²) in [6.45, 7) is 2.07. The number of amidine groups is 1. The van der Waals surface area contributed by atoms with Crippen LogP contribution in [0.15, 0.2) is 44.4 Å². The van der Waals surface area contributed by atoms with Gasteiger partial charge in [-0.2, -0.15) is 5.26 Å². The predicted molar refractivity (Wildman–Crippen MR) is 94.6 cm³/mol. The van der Waals surface area contributed by atoms with Crippen molar-refractivity contribution in [2.75, 3.05) is 11.6 Å². The van der Waals surface area contributed by atoms with E-state index in [0.29, 0.717) is 5.69 Å². The molecule has 0 aromatic heterocycles. The van der Waals surface area contributed by atoms with Gasteiger partial charge in [-0.3, -0.25) is 0 Å². The van der Waals surface area contributed by atoms with Gasteiger partial charge in [-0.15, -0.1) is 11.8 Å². The van der Waals surface area contributed by atoms with Crippen LogP contribution in [0.5, 0.6) is 0 Å². The van der Waals surface area contributed by atoms with Crippen molar-refractivity contribution in [3.63, 3.8) is 0 Å². The molecule has 0 atom stereocenters. The maximum absolute atomic E-state index is 13.5. The summed E-state index contributed by atoms with van der Waals surface area (Å²) in [5, 5.41) is 12.9. The van der Waals surface area contributed by atoms with Crippen LogP contribution in [0.1, 0.15) is 25.3 Å². The number of nitrogens with one attached hydrogen (secondary N) is 1. The average molecular weight is 380 g/mol. The van der Waals surface area contributed by atoms with Crippen LogP contribution in [0, 0.1) is 17.1 Å². The molecule has 1 heterocycles. The SMILES string of the molecule is CSC1=C(Br)C=C(C)CCC(Nc2cc(F)cc(C#N)c2)=N1. The number of hydrogen-bond donors (Lipinski definition) is 1. The maximum atomic E-state index is 13.5. The molecule has 0 unspecified atom stereocenters. The van der Waals surface area contributed by atoms with Crippen LogP contribution in [0.3, 0.4) is 0 Å². The molecule has 1 N–H and O–H groups in total. The zero-order chi connectivity index (χ0) is 16.1. The second-order valence-electron chi connectivity index (χ2n) is 4.87. The monoisotopic (exact) mass is 379 g/mol. The molecule has 0 bridgehead atoms. The Bertz CT molecular complexity index is 717. The van der Waals surface area contributed by atoms with E-state index in [1.807, 2.05) is 12.3 Å². The molecule has 1 aromatic carbocycles. The molecular weight excluding hydrogens is 365 g/mol. The Kier molecular flexibility index (Phi) is 5.81. The third-order valence-electron chi connectivity index (χ3n) is 3.08. The van der Waals surface area contributed by atoms with Gasteiger partial charge in [0, 0.05) is 16.6 Å². The minimum Gasteiger partial charge on any atom is -0.344 e. The molecule has 0 saturated heterocycles. The van der Waals surface area contributed by atoms with Crippen LogP contribution in [0.25, 0.3) is 0 Å². The highest BCUT2D eigenvalue weighted by molar-refractivity contribution is 9.12. The van der Waals surface area contributed by atoms with E-state index in [9.17, 15) is 4.39 Å². The molecular formula is C16H15BrFN3S. The highest BCUT2D eigenvalue weighted by Gasteiger charge is 2.10. The average Bonchev–Trinajstić information content (AvgIpc) is 2.47. The van der Waals surface area contributed by atoms with Gasteiger partial charge in [-0.1, -0.05) is 5.57 Å². The van der Waals surface area contributed by atoms with Crippen molar-refractivity contribution in [3.8, 4) is 6.07 Å². The number of thioether (sulfide) groups is 1.